The molecule has 0 spiro atoms. The molecule has 6 heteroatoms. The summed E-state index contributed by atoms with van der Waals surface area (Å²) in [5, 5.41) is 0. The van der Waals surface area contributed by atoms with Gasteiger partial charge in [-0.1, -0.05) is 0 Å². The number of nitrogen functional groups attached to an aromatic ring is 1. The molecule has 0 unspecified atom stereocenters. The molecule has 0 amide bonds. The average Bonchev–Trinajstić information content (AvgIpc) is 2.13. The van der Waals surface area contributed by atoms with Crippen LogP contribution in [0.5, 0.6) is 0 Å². The Morgan fingerprint density at radius 3 is 2.70 bits per heavy atom. The second-order valence-electron chi connectivity index (χ2n) is 1.52. The van der Waals surface area contributed by atoms with E-state index in [4.69, 9.17) is 5.73 Å². The van der Waals surface area contributed by atoms with Gasteiger partial charge in [-0.25, -0.2) is 0 Å². The Bertz CT molecular complexity index is 342. The Balaban J connectivity index is 3.09. The van der Waals surface area contributed by atoms with E-state index in [1.807, 2.05) is 0 Å². The van der Waals surface area contributed by atoms with Gasteiger partial charge in [0.1, 0.15) is 12.0 Å². The van der Waals surface area contributed by atoms with Crippen molar-refractivity contribution in [2.45, 2.75) is 0 Å². The monoisotopic (exact) mass is 160 g/mol. The largest absolute Gasteiger partial charge is 0.447 e. The maximum atomic E-state index is 9.93. The lowest BCUT2D eigenvalue weighted by Crippen LogP contribution is -1.75. The highest BCUT2D eigenvalue weighted by Gasteiger charge is 1.93. The van der Waals surface area contributed by atoms with E-state index in [9.17, 15) is 8.42 Å². The van der Waals surface area contributed by atoms with Crippen molar-refractivity contribution in [3.05, 3.63) is 12.3 Å². The van der Waals surface area contributed by atoms with Crippen molar-refractivity contribution in [3.8, 4) is 0 Å². The SMILES string of the molecule is Nc1cc(N=S(=O)=O)co1. The van der Waals surface area contributed by atoms with Crippen LogP contribution in [0.3, 0.4) is 0 Å². The van der Waals surface area contributed by atoms with E-state index in [-0.39, 0.29) is 11.6 Å². The van der Waals surface area contributed by atoms with Crippen LogP contribution in [0.2, 0.25) is 0 Å². The van der Waals surface area contributed by atoms with Crippen molar-refractivity contribution in [2.24, 2.45) is 4.36 Å². The Kier molecular flexibility index (Phi) is 1.72. The van der Waals surface area contributed by atoms with Crippen LogP contribution in [-0.2, 0) is 10.5 Å². The first-order chi connectivity index (χ1) is 4.68. The fourth-order valence-corrected chi connectivity index (χ4v) is 0.744. The number of anilines is 1. The summed E-state index contributed by atoms with van der Waals surface area (Å²) in [6.07, 6.45) is 1.16. The highest BCUT2D eigenvalue weighted by molar-refractivity contribution is 7.61. The third kappa shape index (κ3) is 1.59. The standard InChI is InChI=1S/C4H4N2O3S/c5-4-1-3(2-9-4)6-10(7)8/h1-2H,5H2. The van der Waals surface area contributed by atoms with E-state index < -0.39 is 10.5 Å². The summed E-state index contributed by atoms with van der Waals surface area (Å²) in [6, 6.07) is 1.32. The predicted octanol–water partition coefficient (Wildman–Crippen LogP) is 0.556. The van der Waals surface area contributed by atoms with Gasteiger partial charge in [-0.2, -0.15) is 8.42 Å². The van der Waals surface area contributed by atoms with E-state index in [0.29, 0.717) is 0 Å². The van der Waals surface area contributed by atoms with Crippen LogP contribution >= 0.6 is 0 Å². The van der Waals surface area contributed by atoms with Crippen molar-refractivity contribution in [1.82, 2.24) is 0 Å². The maximum absolute atomic E-state index is 9.93. The van der Waals surface area contributed by atoms with Gasteiger partial charge >= 0.3 is 10.5 Å². The average molecular weight is 160 g/mol. The van der Waals surface area contributed by atoms with Crippen LogP contribution in [0.4, 0.5) is 11.6 Å². The van der Waals surface area contributed by atoms with Crippen molar-refractivity contribution in [1.29, 1.82) is 0 Å². The van der Waals surface area contributed by atoms with Gasteiger partial charge in [0.25, 0.3) is 0 Å². The number of nitrogens with two attached hydrogens (primary N) is 1. The Hall–Kier alpha value is -1.30. The predicted molar refractivity (Wildman–Crippen MR) is 34.1 cm³/mol. The van der Waals surface area contributed by atoms with Gasteiger partial charge in [0.05, 0.1) is 0 Å². The van der Waals surface area contributed by atoms with E-state index in [1.54, 1.807) is 0 Å². The molecule has 0 bridgehead atoms. The maximum Gasteiger partial charge on any atom is 0.316 e. The molecular formula is C4H4N2O3S. The van der Waals surface area contributed by atoms with Crippen LogP contribution in [0.25, 0.3) is 0 Å². The molecule has 54 valence electrons. The molecule has 0 saturated carbocycles. The third-order valence-corrected chi connectivity index (χ3v) is 1.15. The van der Waals surface area contributed by atoms with E-state index in [2.05, 4.69) is 8.78 Å². The van der Waals surface area contributed by atoms with Gasteiger partial charge in [-0.15, -0.1) is 4.36 Å². The fraction of sp³-hybridized carbons (Fsp3) is 0. The van der Waals surface area contributed by atoms with E-state index in [0.717, 1.165) is 6.26 Å². The molecule has 0 aliphatic carbocycles. The van der Waals surface area contributed by atoms with E-state index in [1.165, 1.54) is 6.07 Å². The minimum absolute atomic E-state index is 0.143. The Morgan fingerprint density at radius 1 is 1.60 bits per heavy atom. The molecule has 0 aromatic carbocycles. The normalized spacial score (nSPS) is 9.20. The smallest absolute Gasteiger partial charge is 0.316 e. The van der Waals surface area contributed by atoms with Gasteiger partial charge in [-0.3, -0.25) is 0 Å². The summed E-state index contributed by atoms with van der Waals surface area (Å²) in [7, 11) is -2.44. The Labute approximate surface area is 58.2 Å². The summed E-state index contributed by atoms with van der Waals surface area (Å²) >= 11 is 0. The van der Waals surface area contributed by atoms with Crippen LogP contribution in [0.15, 0.2) is 21.1 Å². The molecule has 5 nitrogen and oxygen atoms in total. The van der Waals surface area contributed by atoms with Crippen molar-refractivity contribution >= 4 is 22.1 Å². The molecule has 0 radical (unpaired) electrons. The quantitative estimate of drug-likeness (QED) is 0.650. The second kappa shape index (κ2) is 2.53. The molecule has 1 heterocycles. The molecule has 1 aromatic heterocycles. The number of hydrogen-bond acceptors (Lipinski definition) is 5. The van der Waals surface area contributed by atoms with Gasteiger partial charge in [0.2, 0.25) is 0 Å². The van der Waals surface area contributed by atoms with Crippen LogP contribution in [0.1, 0.15) is 0 Å². The number of hydrogen-bond donors (Lipinski definition) is 1. The molecule has 0 atom stereocenters. The summed E-state index contributed by atoms with van der Waals surface area (Å²) in [5.41, 5.74) is 5.33. The van der Waals surface area contributed by atoms with Crippen molar-refractivity contribution in [2.75, 3.05) is 5.73 Å². The van der Waals surface area contributed by atoms with Gasteiger partial charge < -0.3 is 10.2 Å². The number of rotatable bonds is 1. The molecule has 0 fully saturated rings. The molecule has 10 heavy (non-hydrogen) atoms. The highest BCUT2D eigenvalue weighted by atomic mass is 32.2. The Morgan fingerprint density at radius 2 is 2.30 bits per heavy atom. The second-order valence-corrected chi connectivity index (χ2v) is 2.13. The lowest BCUT2D eigenvalue weighted by Gasteiger charge is -1.71. The minimum Gasteiger partial charge on any atom is -0.447 e. The van der Waals surface area contributed by atoms with Gasteiger partial charge in [0.15, 0.2) is 5.88 Å². The van der Waals surface area contributed by atoms with Crippen molar-refractivity contribution in [3.63, 3.8) is 0 Å². The fourth-order valence-electron chi connectivity index (χ4n) is 0.476. The first kappa shape index (κ1) is 6.81. The minimum atomic E-state index is -2.44. The lowest BCUT2D eigenvalue weighted by atomic mass is 10.5. The van der Waals surface area contributed by atoms with Gasteiger partial charge in [0, 0.05) is 6.07 Å². The lowest BCUT2D eigenvalue weighted by molar-refractivity contribution is 0.588. The summed E-state index contributed by atoms with van der Waals surface area (Å²) in [4.78, 5) is 0. The molecule has 1 aromatic rings. The van der Waals surface area contributed by atoms with Crippen LogP contribution in [0, 0.1) is 0 Å². The third-order valence-electron chi connectivity index (χ3n) is 0.786. The van der Waals surface area contributed by atoms with Crippen molar-refractivity contribution < 1.29 is 12.8 Å². The van der Waals surface area contributed by atoms with Crippen LogP contribution < -0.4 is 5.73 Å². The van der Waals surface area contributed by atoms with Crippen LogP contribution in [-0.4, -0.2) is 8.42 Å². The molecule has 2 N–H and O–H groups in total. The number of nitrogens with zero attached hydrogens (tertiary/aromatic N) is 1. The first-order valence-corrected chi connectivity index (χ1v) is 3.37. The first-order valence-electron chi connectivity index (χ1n) is 2.33. The summed E-state index contributed by atoms with van der Waals surface area (Å²) in [6.45, 7) is 0. The highest BCUT2D eigenvalue weighted by Crippen LogP contribution is 2.16. The molecule has 0 saturated heterocycles. The molecule has 0 aliphatic heterocycles. The number of furan rings is 1. The zero-order valence-corrected chi connectivity index (χ0v) is 5.63. The van der Waals surface area contributed by atoms with Gasteiger partial charge in [-0.05, 0) is 0 Å². The molecule has 0 aliphatic rings. The summed E-state index contributed by atoms with van der Waals surface area (Å²) in [5.74, 6) is 0.143. The zero-order valence-electron chi connectivity index (χ0n) is 4.81. The molecular weight excluding hydrogens is 156 g/mol. The zero-order chi connectivity index (χ0) is 7.56. The summed E-state index contributed by atoms with van der Waals surface area (Å²) < 4.78 is 27.6. The van der Waals surface area contributed by atoms with E-state index >= 15 is 0 Å². The molecule has 1 rings (SSSR count). The topological polar surface area (TPSA) is 85.7 Å².